The van der Waals surface area contributed by atoms with Crippen LogP contribution in [-0.4, -0.2) is 49.2 Å². The van der Waals surface area contributed by atoms with E-state index in [1.54, 1.807) is 7.11 Å². The Balaban J connectivity index is 1.62. The topological polar surface area (TPSA) is 53.2 Å². The predicted molar refractivity (Wildman–Crippen MR) is 145 cm³/mol. The molecular formula is C30H38N4O. The Labute approximate surface area is 208 Å². The number of nitrogens with one attached hydrogen (secondary N) is 2. The van der Waals surface area contributed by atoms with Crippen molar-refractivity contribution >= 4 is 21.8 Å². The summed E-state index contributed by atoms with van der Waals surface area (Å²) in [4.78, 5) is 11.4. The van der Waals surface area contributed by atoms with Crippen molar-refractivity contribution in [3.63, 3.8) is 0 Å². The molecule has 1 aliphatic rings. The van der Waals surface area contributed by atoms with Crippen molar-refractivity contribution in [2.75, 3.05) is 34.3 Å². The summed E-state index contributed by atoms with van der Waals surface area (Å²) < 4.78 is 5.36. The minimum Gasteiger partial charge on any atom is -0.497 e. The number of rotatable bonds is 8. The van der Waals surface area contributed by atoms with Crippen molar-refractivity contribution in [3.05, 3.63) is 71.0 Å². The van der Waals surface area contributed by atoms with Crippen LogP contribution in [0, 0.1) is 5.41 Å². The van der Waals surface area contributed by atoms with E-state index in [-0.39, 0.29) is 5.41 Å². The molecule has 5 rings (SSSR count). The second-order valence-electron chi connectivity index (χ2n) is 11.1. The molecule has 2 N–H and O–H groups in total. The first-order chi connectivity index (χ1) is 16.8. The van der Waals surface area contributed by atoms with E-state index in [2.05, 4.69) is 79.5 Å². The molecule has 1 atom stereocenters. The highest BCUT2D eigenvalue weighted by atomic mass is 16.5. The number of hydrogen-bond donors (Lipinski definition) is 2. The lowest BCUT2D eigenvalue weighted by atomic mass is 9.72. The molecule has 0 spiro atoms. The van der Waals surface area contributed by atoms with Gasteiger partial charge in [-0.15, -0.1) is 0 Å². The first-order valence-corrected chi connectivity index (χ1v) is 12.8. The highest BCUT2D eigenvalue weighted by Gasteiger charge is 2.35. The Morgan fingerprint density at radius 1 is 1.11 bits per heavy atom. The monoisotopic (exact) mass is 470 g/mol. The average Bonchev–Trinajstić information content (AvgIpc) is 3.21. The molecular weight excluding hydrogens is 432 g/mol. The number of nitrogens with zero attached hydrogens (tertiary/aromatic N) is 2. The minimum absolute atomic E-state index is 0.205. The van der Waals surface area contributed by atoms with Gasteiger partial charge in [-0.3, -0.25) is 4.98 Å². The molecule has 1 aliphatic carbocycles. The number of benzene rings is 2. The minimum atomic E-state index is 0.205. The van der Waals surface area contributed by atoms with Crippen molar-refractivity contribution < 1.29 is 4.74 Å². The van der Waals surface area contributed by atoms with E-state index in [0.717, 1.165) is 50.2 Å². The molecule has 5 nitrogen and oxygen atoms in total. The van der Waals surface area contributed by atoms with Gasteiger partial charge in [-0.05, 0) is 75.6 Å². The van der Waals surface area contributed by atoms with Crippen LogP contribution in [0.2, 0.25) is 0 Å². The van der Waals surface area contributed by atoms with E-state index in [9.17, 15) is 0 Å². The van der Waals surface area contributed by atoms with Gasteiger partial charge in [0.1, 0.15) is 5.75 Å². The van der Waals surface area contributed by atoms with Crippen molar-refractivity contribution in [1.29, 1.82) is 0 Å². The van der Waals surface area contributed by atoms with Gasteiger partial charge in [0.2, 0.25) is 0 Å². The lowest BCUT2D eigenvalue weighted by Crippen LogP contribution is -2.35. The third-order valence-corrected chi connectivity index (χ3v) is 7.30. The number of aromatic amines is 1. The van der Waals surface area contributed by atoms with Crippen molar-refractivity contribution in [1.82, 2.24) is 20.2 Å². The van der Waals surface area contributed by atoms with Gasteiger partial charge in [0.05, 0.1) is 18.3 Å². The summed E-state index contributed by atoms with van der Waals surface area (Å²) in [5.74, 6) is 0.882. The maximum absolute atomic E-state index is 5.37. The van der Waals surface area contributed by atoms with Crippen LogP contribution in [0.15, 0.2) is 48.5 Å². The van der Waals surface area contributed by atoms with Crippen molar-refractivity contribution in [2.45, 2.75) is 45.6 Å². The van der Waals surface area contributed by atoms with Gasteiger partial charge in [-0.2, -0.15) is 0 Å². The number of H-pyrrole nitrogens is 1. The summed E-state index contributed by atoms with van der Waals surface area (Å²) in [6, 6.07) is 17.4. The smallest absolute Gasteiger partial charge is 0.118 e. The molecule has 0 radical (unpaired) electrons. The second-order valence-corrected chi connectivity index (χ2v) is 11.1. The standard InChI is InChI=1S/C30H38N4O/c1-30(2)18-25(31-15-8-16-34(3)4)28-26(19-30)32-24(17-20-11-13-21(35-5)14-12-20)29-27(28)22-9-6-7-10-23(22)33-29/h6-7,9-14,25,31,33H,8,15-19H2,1-5H3. The largest absolute Gasteiger partial charge is 0.497 e. The normalized spacial score (nSPS) is 17.3. The van der Waals surface area contributed by atoms with Crippen LogP contribution in [0.3, 0.4) is 0 Å². The second kappa shape index (κ2) is 9.63. The zero-order valence-electron chi connectivity index (χ0n) is 21.7. The van der Waals surface area contributed by atoms with Crippen LogP contribution in [0.4, 0.5) is 0 Å². The van der Waals surface area contributed by atoms with E-state index in [0.29, 0.717) is 6.04 Å². The maximum Gasteiger partial charge on any atom is 0.118 e. The van der Waals surface area contributed by atoms with Gasteiger partial charge in [0.15, 0.2) is 0 Å². The third kappa shape index (κ3) is 4.93. The lowest BCUT2D eigenvalue weighted by molar-refractivity contribution is 0.253. The molecule has 0 bridgehead atoms. The quantitative estimate of drug-likeness (QED) is 0.316. The van der Waals surface area contributed by atoms with Gasteiger partial charge in [-0.25, -0.2) is 0 Å². The summed E-state index contributed by atoms with van der Waals surface area (Å²) in [6.07, 6.45) is 4.06. The number of aromatic nitrogens is 2. The average molecular weight is 471 g/mol. The predicted octanol–water partition coefficient (Wildman–Crippen LogP) is 5.87. The van der Waals surface area contributed by atoms with Crippen LogP contribution in [0.5, 0.6) is 5.75 Å². The summed E-state index contributed by atoms with van der Waals surface area (Å²) in [5.41, 5.74) is 7.60. The van der Waals surface area contributed by atoms with Gasteiger partial charge < -0.3 is 19.9 Å². The van der Waals surface area contributed by atoms with Crippen LogP contribution in [0.1, 0.15) is 55.2 Å². The fourth-order valence-electron chi connectivity index (χ4n) is 5.66. The molecule has 0 fully saturated rings. The number of pyridine rings is 1. The van der Waals surface area contributed by atoms with Crippen molar-refractivity contribution in [2.24, 2.45) is 5.41 Å². The van der Waals surface area contributed by atoms with Crippen LogP contribution in [-0.2, 0) is 12.8 Å². The summed E-state index contributed by atoms with van der Waals surface area (Å²) in [5, 5.41) is 6.58. The summed E-state index contributed by atoms with van der Waals surface area (Å²) in [6.45, 7) is 6.87. The van der Waals surface area contributed by atoms with E-state index in [1.807, 2.05) is 12.1 Å². The van der Waals surface area contributed by atoms with E-state index < -0.39 is 0 Å². The Morgan fingerprint density at radius 3 is 2.63 bits per heavy atom. The first kappa shape index (κ1) is 23.8. The van der Waals surface area contributed by atoms with Gasteiger partial charge in [0, 0.05) is 40.0 Å². The SMILES string of the molecule is COc1ccc(Cc2nc3c(c4c2[nH]c2ccccc24)C(NCCCN(C)C)CC(C)(C)C3)cc1. The highest BCUT2D eigenvalue weighted by molar-refractivity contribution is 6.10. The van der Waals surface area contributed by atoms with Gasteiger partial charge in [0.25, 0.3) is 0 Å². The molecule has 0 amide bonds. The molecule has 2 aromatic carbocycles. The highest BCUT2D eigenvalue weighted by Crippen LogP contribution is 2.45. The van der Waals surface area contributed by atoms with Crippen LogP contribution in [0.25, 0.3) is 21.8 Å². The molecule has 4 aromatic rings. The number of hydrogen-bond acceptors (Lipinski definition) is 4. The number of para-hydroxylation sites is 1. The Hall–Kier alpha value is -2.89. The van der Waals surface area contributed by atoms with Gasteiger partial charge in [-0.1, -0.05) is 44.2 Å². The summed E-state index contributed by atoms with van der Waals surface area (Å²) in [7, 11) is 5.99. The molecule has 1 unspecified atom stereocenters. The van der Waals surface area contributed by atoms with E-state index >= 15 is 0 Å². The zero-order valence-corrected chi connectivity index (χ0v) is 21.7. The van der Waals surface area contributed by atoms with E-state index in [4.69, 9.17) is 9.72 Å². The Morgan fingerprint density at radius 2 is 1.89 bits per heavy atom. The van der Waals surface area contributed by atoms with Crippen molar-refractivity contribution in [3.8, 4) is 5.75 Å². The summed E-state index contributed by atoms with van der Waals surface area (Å²) >= 11 is 0. The molecule has 0 saturated carbocycles. The number of methoxy groups -OCH3 is 1. The fourth-order valence-corrected chi connectivity index (χ4v) is 5.66. The van der Waals surface area contributed by atoms with Crippen LogP contribution < -0.4 is 10.1 Å². The molecule has 0 saturated heterocycles. The third-order valence-electron chi connectivity index (χ3n) is 7.30. The zero-order chi connectivity index (χ0) is 24.6. The Bertz CT molecular complexity index is 1320. The van der Waals surface area contributed by atoms with Gasteiger partial charge >= 0.3 is 0 Å². The van der Waals surface area contributed by atoms with Crippen LogP contribution >= 0.6 is 0 Å². The fraction of sp³-hybridized carbons (Fsp3) is 0.433. The number of ether oxygens (including phenoxy) is 1. The molecule has 35 heavy (non-hydrogen) atoms. The number of fused-ring (bicyclic) bond motifs is 5. The van der Waals surface area contributed by atoms with E-state index in [1.165, 1.54) is 38.6 Å². The molecule has 5 heteroatoms. The molecule has 2 aromatic heterocycles. The first-order valence-electron chi connectivity index (χ1n) is 12.8. The maximum atomic E-state index is 5.37. The lowest BCUT2D eigenvalue weighted by Gasteiger charge is -2.38. The Kier molecular flexibility index (Phi) is 6.56. The molecule has 0 aliphatic heterocycles. The molecule has 2 heterocycles. The molecule has 184 valence electrons.